The number of hydrogen-bond acceptors (Lipinski definition) is 2. The Morgan fingerprint density at radius 3 is 2.27 bits per heavy atom. The van der Waals surface area contributed by atoms with Gasteiger partial charge in [0.2, 0.25) is 0 Å². The highest BCUT2D eigenvalue weighted by molar-refractivity contribution is 5.85. The molecule has 0 bridgehead atoms. The van der Waals surface area contributed by atoms with E-state index in [-0.39, 0.29) is 19.0 Å². The fraction of sp³-hybridized carbons (Fsp3) is 0.333. The molecule has 1 rings (SSSR count). The van der Waals surface area contributed by atoms with Crippen LogP contribution in [0.1, 0.15) is 5.56 Å². The first kappa shape index (κ1) is 14.2. The van der Waals surface area contributed by atoms with E-state index in [1.165, 1.54) is 0 Å². The average Bonchev–Trinajstić information content (AvgIpc) is 2.13. The number of halogens is 4. The molecule has 6 heteroatoms. The molecule has 0 fully saturated rings. The summed E-state index contributed by atoms with van der Waals surface area (Å²) in [4.78, 5) is 3.40. The molecular formula is C9H11ClF3NO. The molecular weight excluding hydrogens is 231 g/mol. The topological polar surface area (TPSA) is 21.3 Å². The number of benzene rings is 1. The predicted molar refractivity (Wildman–Crippen MR) is 52.5 cm³/mol. The average molecular weight is 242 g/mol. The molecule has 0 saturated carbocycles. The Morgan fingerprint density at radius 2 is 1.73 bits per heavy atom. The van der Waals surface area contributed by atoms with E-state index in [1.807, 2.05) is 35.8 Å². The van der Waals surface area contributed by atoms with Crippen LogP contribution in [0.2, 0.25) is 0 Å². The highest BCUT2D eigenvalue weighted by Crippen LogP contribution is 2.13. The maximum atomic E-state index is 11.5. The van der Waals surface area contributed by atoms with Gasteiger partial charge in [-0.05, 0) is 12.0 Å². The number of hydroxylamine groups is 1. The van der Waals surface area contributed by atoms with Crippen LogP contribution in [0.25, 0.3) is 0 Å². The summed E-state index contributed by atoms with van der Waals surface area (Å²) >= 11 is 0. The first-order valence-electron chi connectivity index (χ1n) is 4.09. The number of hydrogen-bond donors (Lipinski definition) is 1. The van der Waals surface area contributed by atoms with Gasteiger partial charge in [-0.1, -0.05) is 30.3 Å². The first-order chi connectivity index (χ1) is 6.58. The molecule has 0 atom stereocenters. The second-order valence-electron chi connectivity index (χ2n) is 2.68. The molecule has 0 saturated heterocycles. The number of rotatable bonds is 4. The number of alkyl halides is 3. The Morgan fingerprint density at radius 1 is 1.13 bits per heavy atom. The highest BCUT2D eigenvalue weighted by Gasteiger charge is 2.29. The molecule has 0 aliphatic carbocycles. The van der Waals surface area contributed by atoms with Crippen LogP contribution >= 0.6 is 12.4 Å². The van der Waals surface area contributed by atoms with Gasteiger partial charge in [-0.3, -0.25) is 0 Å². The van der Waals surface area contributed by atoms with Gasteiger partial charge in [0.05, 0.1) is 0 Å². The molecule has 0 radical (unpaired) electrons. The molecule has 0 amide bonds. The third-order valence-electron chi connectivity index (χ3n) is 1.55. The van der Waals surface area contributed by atoms with Gasteiger partial charge >= 0.3 is 6.36 Å². The van der Waals surface area contributed by atoms with Gasteiger partial charge < -0.3 is 0 Å². The monoisotopic (exact) mass is 241 g/mol. The van der Waals surface area contributed by atoms with Crippen LogP contribution in [0, 0.1) is 0 Å². The van der Waals surface area contributed by atoms with Gasteiger partial charge in [-0.25, -0.2) is 4.84 Å². The fourth-order valence-electron chi connectivity index (χ4n) is 0.973. The minimum atomic E-state index is -4.61. The van der Waals surface area contributed by atoms with Crippen molar-refractivity contribution < 1.29 is 18.0 Å². The standard InChI is InChI=1S/C9H10F3NO.ClH/c10-9(11,12)14-13-7-6-8-4-2-1-3-5-8;/h1-5,13H,6-7H2;1H. The molecule has 0 aromatic heterocycles. The Balaban J connectivity index is 0.00000196. The Labute approximate surface area is 91.8 Å². The summed E-state index contributed by atoms with van der Waals surface area (Å²) in [5, 5.41) is 0. The second kappa shape index (κ2) is 6.66. The highest BCUT2D eigenvalue weighted by atomic mass is 35.5. The lowest BCUT2D eigenvalue weighted by Gasteiger charge is -2.07. The van der Waals surface area contributed by atoms with Crippen molar-refractivity contribution in [1.29, 1.82) is 0 Å². The van der Waals surface area contributed by atoms with Crippen LogP contribution in [-0.4, -0.2) is 12.9 Å². The second-order valence-corrected chi connectivity index (χ2v) is 2.68. The minimum absolute atomic E-state index is 0. The normalized spacial score (nSPS) is 10.9. The van der Waals surface area contributed by atoms with E-state index < -0.39 is 6.36 Å². The molecule has 0 aliphatic rings. The molecule has 0 unspecified atom stereocenters. The van der Waals surface area contributed by atoms with Crippen molar-refractivity contribution in [2.75, 3.05) is 6.54 Å². The maximum absolute atomic E-state index is 11.5. The first-order valence-corrected chi connectivity index (χ1v) is 4.09. The van der Waals surface area contributed by atoms with Gasteiger partial charge in [0, 0.05) is 6.54 Å². The third-order valence-corrected chi connectivity index (χ3v) is 1.55. The Hall–Kier alpha value is -0.780. The van der Waals surface area contributed by atoms with Crippen LogP contribution in [0.4, 0.5) is 13.2 Å². The van der Waals surface area contributed by atoms with E-state index in [2.05, 4.69) is 4.84 Å². The fourth-order valence-corrected chi connectivity index (χ4v) is 0.973. The maximum Gasteiger partial charge on any atom is 0.538 e. The lowest BCUT2D eigenvalue weighted by Crippen LogP contribution is -2.27. The van der Waals surface area contributed by atoms with E-state index >= 15 is 0 Å². The van der Waals surface area contributed by atoms with Gasteiger partial charge in [-0.2, -0.15) is 5.48 Å². The van der Waals surface area contributed by atoms with Gasteiger partial charge in [0.1, 0.15) is 0 Å². The van der Waals surface area contributed by atoms with Crippen molar-refractivity contribution in [2.45, 2.75) is 12.8 Å². The Kier molecular flexibility index (Phi) is 6.31. The summed E-state index contributed by atoms with van der Waals surface area (Å²) in [6.45, 7) is 0.128. The number of nitrogens with one attached hydrogen (secondary N) is 1. The van der Waals surface area contributed by atoms with E-state index in [0.717, 1.165) is 5.56 Å². The third kappa shape index (κ3) is 7.18. The van der Waals surface area contributed by atoms with Crippen molar-refractivity contribution in [3.8, 4) is 0 Å². The van der Waals surface area contributed by atoms with Gasteiger partial charge in [0.15, 0.2) is 0 Å². The summed E-state index contributed by atoms with van der Waals surface area (Å²) in [6.07, 6.45) is -4.12. The molecule has 0 aliphatic heterocycles. The summed E-state index contributed by atoms with van der Waals surface area (Å²) < 4.78 is 34.5. The molecule has 0 spiro atoms. The smallest absolute Gasteiger partial charge is 0.203 e. The van der Waals surface area contributed by atoms with Crippen molar-refractivity contribution in [1.82, 2.24) is 5.48 Å². The van der Waals surface area contributed by atoms with E-state index in [0.29, 0.717) is 6.42 Å². The van der Waals surface area contributed by atoms with Crippen molar-refractivity contribution >= 4 is 12.4 Å². The van der Waals surface area contributed by atoms with Crippen LogP contribution in [0.3, 0.4) is 0 Å². The molecule has 1 N–H and O–H groups in total. The summed E-state index contributed by atoms with van der Waals surface area (Å²) in [5.74, 6) is 0. The van der Waals surface area contributed by atoms with Crippen molar-refractivity contribution in [2.24, 2.45) is 0 Å². The lowest BCUT2D eigenvalue weighted by atomic mass is 10.2. The summed E-state index contributed by atoms with van der Waals surface area (Å²) in [5.41, 5.74) is 2.81. The van der Waals surface area contributed by atoms with E-state index in [4.69, 9.17) is 0 Å². The zero-order chi connectivity index (χ0) is 10.4. The van der Waals surface area contributed by atoms with E-state index in [1.54, 1.807) is 0 Å². The lowest BCUT2D eigenvalue weighted by molar-refractivity contribution is -0.350. The SMILES string of the molecule is Cl.FC(F)(F)ONCCc1ccccc1. The zero-order valence-corrected chi connectivity index (χ0v) is 8.57. The summed E-state index contributed by atoms with van der Waals surface area (Å²) in [6, 6.07) is 9.20. The zero-order valence-electron chi connectivity index (χ0n) is 7.75. The van der Waals surface area contributed by atoms with Crippen molar-refractivity contribution in [3.63, 3.8) is 0 Å². The minimum Gasteiger partial charge on any atom is -0.203 e. The van der Waals surface area contributed by atoms with E-state index in [9.17, 15) is 13.2 Å². The van der Waals surface area contributed by atoms with Gasteiger partial charge in [-0.15, -0.1) is 25.6 Å². The van der Waals surface area contributed by atoms with Crippen molar-refractivity contribution in [3.05, 3.63) is 35.9 Å². The molecule has 1 aromatic carbocycles. The predicted octanol–water partition coefficient (Wildman–Crippen LogP) is 2.69. The van der Waals surface area contributed by atoms with Crippen LogP contribution in [-0.2, 0) is 11.3 Å². The van der Waals surface area contributed by atoms with Crippen LogP contribution in [0.15, 0.2) is 30.3 Å². The summed E-state index contributed by atoms with van der Waals surface area (Å²) in [7, 11) is 0. The van der Waals surface area contributed by atoms with Gasteiger partial charge in [0.25, 0.3) is 0 Å². The largest absolute Gasteiger partial charge is 0.538 e. The Bertz CT molecular complexity index is 266. The molecule has 1 aromatic rings. The molecule has 15 heavy (non-hydrogen) atoms. The van der Waals surface area contributed by atoms with Crippen LogP contribution in [0.5, 0.6) is 0 Å². The van der Waals surface area contributed by atoms with Crippen LogP contribution < -0.4 is 5.48 Å². The molecule has 2 nitrogen and oxygen atoms in total. The molecule has 86 valence electrons. The molecule has 0 heterocycles. The quantitative estimate of drug-likeness (QED) is 0.646.